The molecule has 0 aliphatic carbocycles. The molecule has 0 radical (unpaired) electrons. The van der Waals surface area contributed by atoms with Crippen molar-refractivity contribution in [3.63, 3.8) is 0 Å². The summed E-state index contributed by atoms with van der Waals surface area (Å²) in [5.41, 5.74) is 8.00. The lowest BCUT2D eigenvalue weighted by molar-refractivity contribution is 0.140. The van der Waals surface area contributed by atoms with E-state index in [1.54, 1.807) is 0 Å². The van der Waals surface area contributed by atoms with Crippen molar-refractivity contribution < 1.29 is 9.47 Å². The molecule has 0 fully saturated rings. The minimum Gasteiger partial charge on any atom is -0.489 e. The summed E-state index contributed by atoms with van der Waals surface area (Å²) < 4.78 is 11.6. The van der Waals surface area contributed by atoms with Crippen LogP contribution in [0.3, 0.4) is 0 Å². The normalized spacial score (nSPS) is 18.0. The van der Waals surface area contributed by atoms with Crippen LogP contribution in [-0.4, -0.2) is 13.2 Å². The third kappa shape index (κ3) is 2.14. The van der Waals surface area contributed by atoms with Crippen LogP contribution < -0.4 is 15.2 Å². The zero-order valence-electron chi connectivity index (χ0n) is 10.2. The molecule has 0 aromatic heterocycles. The van der Waals surface area contributed by atoms with Gasteiger partial charge in [0.25, 0.3) is 0 Å². The number of ether oxygens (including phenoxy) is 2. The maximum absolute atomic E-state index is 5.78. The van der Waals surface area contributed by atoms with Crippen LogP contribution in [-0.2, 0) is 6.54 Å². The summed E-state index contributed by atoms with van der Waals surface area (Å²) in [4.78, 5) is 0. The van der Waals surface area contributed by atoms with E-state index in [4.69, 9.17) is 15.2 Å². The van der Waals surface area contributed by atoms with Gasteiger partial charge in [0, 0.05) is 12.0 Å². The van der Waals surface area contributed by atoms with Gasteiger partial charge in [0.1, 0.15) is 0 Å². The van der Waals surface area contributed by atoms with Gasteiger partial charge in [-0.3, -0.25) is 0 Å². The minimum absolute atomic E-state index is 0.0514. The van der Waals surface area contributed by atoms with Crippen molar-refractivity contribution in [2.75, 3.05) is 13.2 Å². The Kier molecular flexibility index (Phi) is 2.80. The Balaban J connectivity index is 2.35. The summed E-state index contributed by atoms with van der Waals surface area (Å²) in [6.07, 6.45) is 0. The number of nitrogens with two attached hydrogens (primary N) is 1. The molecule has 3 heteroatoms. The van der Waals surface area contributed by atoms with Gasteiger partial charge < -0.3 is 15.2 Å². The predicted molar refractivity (Wildman–Crippen MR) is 63.8 cm³/mol. The van der Waals surface area contributed by atoms with Crippen LogP contribution in [0.15, 0.2) is 12.1 Å². The molecule has 0 amide bonds. The molecule has 1 aromatic carbocycles. The van der Waals surface area contributed by atoms with Crippen molar-refractivity contribution in [2.45, 2.75) is 27.3 Å². The third-order valence-corrected chi connectivity index (χ3v) is 2.86. The quantitative estimate of drug-likeness (QED) is 0.791. The number of aryl methyl sites for hydroxylation is 1. The van der Waals surface area contributed by atoms with Gasteiger partial charge in [-0.1, -0.05) is 13.8 Å². The highest BCUT2D eigenvalue weighted by molar-refractivity contribution is 5.47. The molecule has 0 saturated heterocycles. The van der Waals surface area contributed by atoms with Gasteiger partial charge in [-0.2, -0.15) is 0 Å². The third-order valence-electron chi connectivity index (χ3n) is 2.86. The van der Waals surface area contributed by atoms with Crippen LogP contribution in [0.5, 0.6) is 11.5 Å². The second-order valence-corrected chi connectivity index (χ2v) is 5.17. The fourth-order valence-electron chi connectivity index (χ4n) is 1.74. The molecule has 16 heavy (non-hydrogen) atoms. The van der Waals surface area contributed by atoms with Gasteiger partial charge in [0.05, 0.1) is 13.2 Å². The lowest BCUT2D eigenvalue weighted by Crippen LogP contribution is -2.26. The van der Waals surface area contributed by atoms with Gasteiger partial charge >= 0.3 is 0 Å². The lowest BCUT2D eigenvalue weighted by Gasteiger charge is -2.19. The second kappa shape index (κ2) is 3.98. The summed E-state index contributed by atoms with van der Waals surface area (Å²) in [6.45, 7) is 8.20. The molecule has 0 atom stereocenters. The second-order valence-electron chi connectivity index (χ2n) is 5.17. The first-order valence-corrected chi connectivity index (χ1v) is 5.61. The Hall–Kier alpha value is -1.22. The maximum atomic E-state index is 5.78. The number of benzene rings is 1. The molecule has 1 heterocycles. The van der Waals surface area contributed by atoms with E-state index >= 15 is 0 Å². The van der Waals surface area contributed by atoms with E-state index in [-0.39, 0.29) is 5.41 Å². The van der Waals surface area contributed by atoms with Crippen LogP contribution >= 0.6 is 0 Å². The molecular weight excluding hydrogens is 202 g/mol. The van der Waals surface area contributed by atoms with Crippen molar-refractivity contribution in [2.24, 2.45) is 11.1 Å². The summed E-state index contributed by atoms with van der Waals surface area (Å²) in [6, 6.07) is 4.00. The van der Waals surface area contributed by atoms with Crippen molar-refractivity contribution in [1.29, 1.82) is 0 Å². The standard InChI is InChI=1S/C13H19NO2/c1-9-4-11-12(5-10(9)6-14)16-8-13(2,3)7-15-11/h4-5H,6-8,14H2,1-3H3. The largest absolute Gasteiger partial charge is 0.489 e. The molecule has 0 unspecified atom stereocenters. The van der Waals surface area contributed by atoms with Crippen molar-refractivity contribution in [3.05, 3.63) is 23.3 Å². The van der Waals surface area contributed by atoms with Crippen molar-refractivity contribution in [3.8, 4) is 11.5 Å². The summed E-state index contributed by atoms with van der Waals surface area (Å²) >= 11 is 0. The van der Waals surface area contributed by atoms with E-state index in [2.05, 4.69) is 13.8 Å². The molecule has 2 N–H and O–H groups in total. The molecule has 1 aliphatic heterocycles. The molecule has 2 rings (SSSR count). The van der Waals surface area contributed by atoms with E-state index in [0.29, 0.717) is 19.8 Å². The fourth-order valence-corrected chi connectivity index (χ4v) is 1.74. The van der Waals surface area contributed by atoms with E-state index in [9.17, 15) is 0 Å². The molecule has 0 bridgehead atoms. The number of fused-ring (bicyclic) bond motifs is 1. The number of hydrogen-bond donors (Lipinski definition) is 1. The number of hydrogen-bond acceptors (Lipinski definition) is 3. The van der Waals surface area contributed by atoms with Crippen LogP contribution in [0.4, 0.5) is 0 Å². The Labute approximate surface area is 96.5 Å². The highest BCUT2D eigenvalue weighted by Gasteiger charge is 2.25. The highest BCUT2D eigenvalue weighted by atomic mass is 16.5. The first-order valence-electron chi connectivity index (χ1n) is 5.61. The Morgan fingerprint density at radius 2 is 1.75 bits per heavy atom. The topological polar surface area (TPSA) is 44.5 Å². The first-order chi connectivity index (χ1) is 7.52. The Morgan fingerprint density at radius 3 is 2.31 bits per heavy atom. The van der Waals surface area contributed by atoms with E-state index in [0.717, 1.165) is 22.6 Å². The van der Waals surface area contributed by atoms with Crippen molar-refractivity contribution >= 4 is 0 Å². The van der Waals surface area contributed by atoms with Crippen LogP contribution in [0.25, 0.3) is 0 Å². The van der Waals surface area contributed by atoms with E-state index in [1.807, 2.05) is 19.1 Å². The fraction of sp³-hybridized carbons (Fsp3) is 0.538. The average molecular weight is 221 g/mol. The monoisotopic (exact) mass is 221 g/mol. The molecule has 1 aliphatic rings. The first kappa shape index (κ1) is 11.3. The smallest absolute Gasteiger partial charge is 0.161 e. The number of rotatable bonds is 1. The summed E-state index contributed by atoms with van der Waals surface area (Å²) in [5.74, 6) is 1.65. The van der Waals surface area contributed by atoms with Gasteiger partial charge in [0.15, 0.2) is 11.5 Å². The Bertz CT molecular complexity index is 399. The molecule has 0 saturated carbocycles. The van der Waals surface area contributed by atoms with Gasteiger partial charge in [-0.25, -0.2) is 0 Å². The van der Waals surface area contributed by atoms with Gasteiger partial charge in [-0.15, -0.1) is 0 Å². The molecule has 88 valence electrons. The molecule has 3 nitrogen and oxygen atoms in total. The predicted octanol–water partition coefficient (Wildman–Crippen LogP) is 2.25. The van der Waals surface area contributed by atoms with E-state index in [1.165, 1.54) is 0 Å². The SMILES string of the molecule is Cc1cc2c(cc1CN)OCC(C)(C)CO2. The summed E-state index contributed by atoms with van der Waals surface area (Å²) in [7, 11) is 0. The van der Waals surface area contributed by atoms with Gasteiger partial charge in [0.2, 0.25) is 0 Å². The summed E-state index contributed by atoms with van der Waals surface area (Å²) in [5, 5.41) is 0. The maximum Gasteiger partial charge on any atom is 0.161 e. The van der Waals surface area contributed by atoms with Crippen LogP contribution in [0, 0.1) is 12.3 Å². The molecule has 1 aromatic rings. The van der Waals surface area contributed by atoms with E-state index < -0.39 is 0 Å². The zero-order chi connectivity index (χ0) is 11.8. The minimum atomic E-state index is 0.0514. The van der Waals surface area contributed by atoms with Crippen molar-refractivity contribution in [1.82, 2.24) is 0 Å². The molecule has 0 spiro atoms. The lowest BCUT2D eigenvalue weighted by atomic mass is 9.97. The van der Waals surface area contributed by atoms with Crippen LogP contribution in [0.2, 0.25) is 0 Å². The average Bonchev–Trinajstić information content (AvgIpc) is 2.38. The van der Waals surface area contributed by atoms with Gasteiger partial charge in [-0.05, 0) is 30.2 Å². The Morgan fingerprint density at radius 1 is 1.19 bits per heavy atom. The van der Waals surface area contributed by atoms with Crippen LogP contribution in [0.1, 0.15) is 25.0 Å². The molecular formula is C13H19NO2. The highest BCUT2D eigenvalue weighted by Crippen LogP contribution is 2.35. The zero-order valence-corrected chi connectivity index (χ0v) is 10.2.